The zero-order chi connectivity index (χ0) is 16.8. The number of furan rings is 1. The Morgan fingerprint density at radius 1 is 1.04 bits per heavy atom. The van der Waals surface area contributed by atoms with Gasteiger partial charge in [-0.05, 0) is 42.0 Å². The SMILES string of the molecule is O=C(Nc1ccc(F)cc1)[C@H](SCc1ccco1)c1ccccc1. The van der Waals surface area contributed by atoms with Crippen molar-refractivity contribution in [3.8, 4) is 0 Å². The van der Waals surface area contributed by atoms with E-state index in [1.165, 1.54) is 23.9 Å². The van der Waals surface area contributed by atoms with E-state index < -0.39 is 0 Å². The molecular weight excluding hydrogens is 325 g/mol. The second kappa shape index (κ2) is 7.84. The van der Waals surface area contributed by atoms with Crippen LogP contribution in [0.15, 0.2) is 77.4 Å². The highest BCUT2D eigenvalue weighted by Crippen LogP contribution is 2.33. The third-order valence-electron chi connectivity index (χ3n) is 3.42. The summed E-state index contributed by atoms with van der Waals surface area (Å²) >= 11 is 1.48. The van der Waals surface area contributed by atoms with Gasteiger partial charge in [0.1, 0.15) is 16.8 Å². The smallest absolute Gasteiger partial charge is 0.242 e. The van der Waals surface area contributed by atoms with Crippen LogP contribution in [0.5, 0.6) is 0 Å². The summed E-state index contributed by atoms with van der Waals surface area (Å²) in [4.78, 5) is 12.7. The van der Waals surface area contributed by atoms with Gasteiger partial charge in [0.2, 0.25) is 5.91 Å². The highest BCUT2D eigenvalue weighted by molar-refractivity contribution is 7.99. The van der Waals surface area contributed by atoms with Gasteiger partial charge in [0.05, 0.1) is 12.0 Å². The minimum absolute atomic E-state index is 0.149. The van der Waals surface area contributed by atoms with Crippen molar-refractivity contribution in [3.63, 3.8) is 0 Å². The number of hydrogen-bond acceptors (Lipinski definition) is 3. The highest BCUT2D eigenvalue weighted by Gasteiger charge is 2.21. The Balaban J connectivity index is 1.75. The van der Waals surface area contributed by atoms with Crippen molar-refractivity contribution in [1.29, 1.82) is 0 Å². The number of amides is 1. The molecule has 0 saturated carbocycles. The number of anilines is 1. The minimum Gasteiger partial charge on any atom is -0.468 e. The fraction of sp³-hybridized carbons (Fsp3) is 0.105. The maximum atomic E-state index is 13.0. The Labute approximate surface area is 143 Å². The number of nitrogens with one attached hydrogen (secondary N) is 1. The molecule has 24 heavy (non-hydrogen) atoms. The second-order valence-corrected chi connectivity index (χ2v) is 6.27. The molecule has 0 aliphatic carbocycles. The molecule has 0 aliphatic heterocycles. The molecule has 0 fully saturated rings. The van der Waals surface area contributed by atoms with Gasteiger partial charge in [-0.2, -0.15) is 0 Å². The quantitative estimate of drug-likeness (QED) is 0.683. The molecule has 3 rings (SSSR count). The van der Waals surface area contributed by atoms with Crippen LogP contribution in [0.4, 0.5) is 10.1 Å². The lowest BCUT2D eigenvalue weighted by Gasteiger charge is -2.16. The van der Waals surface area contributed by atoms with Crippen LogP contribution in [-0.2, 0) is 10.5 Å². The Kier molecular flexibility index (Phi) is 5.33. The molecule has 0 aliphatic rings. The summed E-state index contributed by atoms with van der Waals surface area (Å²) in [7, 11) is 0. The van der Waals surface area contributed by atoms with Crippen LogP contribution in [0.2, 0.25) is 0 Å². The van der Waals surface area contributed by atoms with Crippen molar-refractivity contribution in [3.05, 3.63) is 90.1 Å². The van der Waals surface area contributed by atoms with Gasteiger partial charge in [-0.25, -0.2) is 4.39 Å². The molecule has 2 aromatic carbocycles. The van der Waals surface area contributed by atoms with Gasteiger partial charge in [0.15, 0.2) is 0 Å². The highest BCUT2D eigenvalue weighted by atomic mass is 32.2. The van der Waals surface area contributed by atoms with Crippen LogP contribution in [0.3, 0.4) is 0 Å². The monoisotopic (exact) mass is 341 g/mol. The summed E-state index contributed by atoms with van der Waals surface area (Å²) in [6.07, 6.45) is 1.62. The number of hydrogen-bond donors (Lipinski definition) is 1. The normalized spacial score (nSPS) is 11.9. The van der Waals surface area contributed by atoms with Gasteiger partial charge in [-0.15, -0.1) is 11.8 Å². The first-order valence-electron chi connectivity index (χ1n) is 7.48. The van der Waals surface area contributed by atoms with E-state index in [1.54, 1.807) is 18.4 Å². The average molecular weight is 341 g/mol. The van der Waals surface area contributed by atoms with Crippen molar-refractivity contribution in [1.82, 2.24) is 0 Å². The molecule has 0 saturated heterocycles. The van der Waals surface area contributed by atoms with Crippen LogP contribution in [0, 0.1) is 5.82 Å². The van der Waals surface area contributed by atoms with E-state index in [1.807, 2.05) is 42.5 Å². The predicted octanol–water partition coefficient (Wildman–Crippen LogP) is 5.03. The molecule has 1 amide bonds. The lowest BCUT2D eigenvalue weighted by Crippen LogP contribution is -2.19. The van der Waals surface area contributed by atoms with E-state index in [4.69, 9.17) is 4.42 Å². The largest absolute Gasteiger partial charge is 0.468 e. The van der Waals surface area contributed by atoms with E-state index in [0.717, 1.165) is 11.3 Å². The topological polar surface area (TPSA) is 42.2 Å². The number of rotatable bonds is 6. The summed E-state index contributed by atoms with van der Waals surface area (Å²) in [6.45, 7) is 0. The number of carbonyl (C=O) groups excluding carboxylic acids is 1. The van der Waals surface area contributed by atoms with Crippen LogP contribution >= 0.6 is 11.8 Å². The van der Waals surface area contributed by atoms with E-state index in [-0.39, 0.29) is 17.0 Å². The molecule has 3 nitrogen and oxygen atoms in total. The molecule has 0 spiro atoms. The van der Waals surface area contributed by atoms with Gasteiger partial charge >= 0.3 is 0 Å². The van der Waals surface area contributed by atoms with Gasteiger partial charge in [-0.3, -0.25) is 4.79 Å². The van der Waals surface area contributed by atoms with Crippen LogP contribution in [0.1, 0.15) is 16.6 Å². The maximum absolute atomic E-state index is 13.0. The van der Waals surface area contributed by atoms with Crippen molar-refractivity contribution in [2.75, 3.05) is 5.32 Å². The maximum Gasteiger partial charge on any atom is 0.242 e. The Morgan fingerprint density at radius 2 is 1.79 bits per heavy atom. The first kappa shape index (κ1) is 16.3. The van der Waals surface area contributed by atoms with E-state index in [0.29, 0.717) is 11.4 Å². The fourth-order valence-corrected chi connectivity index (χ4v) is 3.31. The first-order valence-corrected chi connectivity index (χ1v) is 8.52. The van der Waals surface area contributed by atoms with Crippen molar-refractivity contribution in [2.45, 2.75) is 11.0 Å². The molecule has 0 unspecified atom stereocenters. The van der Waals surface area contributed by atoms with Crippen LogP contribution < -0.4 is 5.32 Å². The van der Waals surface area contributed by atoms with Gasteiger partial charge in [-0.1, -0.05) is 30.3 Å². The molecule has 122 valence electrons. The van der Waals surface area contributed by atoms with Crippen molar-refractivity contribution < 1.29 is 13.6 Å². The minimum atomic E-state index is -0.388. The van der Waals surface area contributed by atoms with Crippen LogP contribution in [-0.4, -0.2) is 5.91 Å². The zero-order valence-corrected chi connectivity index (χ0v) is 13.6. The molecule has 0 radical (unpaired) electrons. The summed E-state index contributed by atoms with van der Waals surface area (Å²) in [5.74, 6) is 0.920. The summed E-state index contributed by atoms with van der Waals surface area (Å²) in [5.41, 5.74) is 1.48. The Bertz CT molecular complexity index is 773. The summed E-state index contributed by atoms with van der Waals surface area (Å²) in [6, 6.07) is 19.0. The summed E-state index contributed by atoms with van der Waals surface area (Å²) < 4.78 is 18.3. The third-order valence-corrected chi connectivity index (χ3v) is 4.70. The number of halogens is 1. The first-order chi connectivity index (χ1) is 11.7. The molecular formula is C19H16FNO2S. The van der Waals surface area contributed by atoms with E-state index in [9.17, 15) is 9.18 Å². The lowest BCUT2D eigenvalue weighted by atomic mass is 10.1. The predicted molar refractivity (Wildman–Crippen MR) is 94.2 cm³/mol. The zero-order valence-electron chi connectivity index (χ0n) is 12.8. The lowest BCUT2D eigenvalue weighted by molar-refractivity contribution is -0.115. The van der Waals surface area contributed by atoms with Crippen molar-refractivity contribution in [2.24, 2.45) is 0 Å². The second-order valence-electron chi connectivity index (χ2n) is 5.18. The third kappa shape index (κ3) is 4.26. The molecule has 5 heteroatoms. The molecule has 3 aromatic rings. The summed E-state index contributed by atoms with van der Waals surface area (Å²) in [5, 5.41) is 2.45. The van der Waals surface area contributed by atoms with E-state index in [2.05, 4.69) is 5.32 Å². The van der Waals surface area contributed by atoms with Crippen LogP contribution in [0.25, 0.3) is 0 Å². The molecule has 1 atom stereocenters. The Morgan fingerprint density at radius 3 is 2.46 bits per heavy atom. The van der Waals surface area contributed by atoms with Crippen molar-refractivity contribution >= 4 is 23.4 Å². The van der Waals surface area contributed by atoms with Gasteiger partial charge in [0, 0.05) is 5.69 Å². The molecule has 1 N–H and O–H groups in total. The standard InChI is InChI=1S/C19H16FNO2S/c20-15-8-10-16(11-9-15)21-19(22)18(14-5-2-1-3-6-14)24-13-17-7-4-12-23-17/h1-12,18H,13H2,(H,21,22)/t18-/m1/s1. The van der Waals surface area contributed by atoms with Gasteiger partial charge in [0.25, 0.3) is 0 Å². The number of thioether (sulfide) groups is 1. The van der Waals surface area contributed by atoms with Gasteiger partial charge < -0.3 is 9.73 Å². The molecule has 0 bridgehead atoms. The number of carbonyl (C=O) groups is 1. The van der Waals surface area contributed by atoms with E-state index >= 15 is 0 Å². The average Bonchev–Trinajstić information content (AvgIpc) is 3.12. The number of benzene rings is 2. The Hall–Kier alpha value is -2.53. The fourth-order valence-electron chi connectivity index (χ4n) is 2.25. The molecule has 1 heterocycles. The molecule has 1 aromatic heterocycles.